The minimum atomic E-state index is -2.68. The Hall–Kier alpha value is -2.18. The third kappa shape index (κ3) is 3.97. The van der Waals surface area contributed by atoms with E-state index in [1.165, 1.54) is 12.1 Å². The van der Waals surface area contributed by atoms with Gasteiger partial charge >= 0.3 is 0 Å². The van der Waals surface area contributed by atoms with Crippen molar-refractivity contribution < 1.29 is 13.6 Å². The van der Waals surface area contributed by atoms with Gasteiger partial charge in [0.1, 0.15) is 0 Å². The maximum atomic E-state index is 12.6. The first-order valence-corrected chi connectivity index (χ1v) is 7.24. The van der Waals surface area contributed by atoms with Crippen LogP contribution >= 0.6 is 11.6 Å². The van der Waals surface area contributed by atoms with E-state index in [0.29, 0.717) is 5.69 Å². The Bertz CT molecular complexity index is 722. The molecule has 2 rings (SSSR count). The third-order valence-corrected chi connectivity index (χ3v) is 3.78. The number of rotatable bonds is 5. The summed E-state index contributed by atoms with van der Waals surface area (Å²) in [4.78, 5) is 12.1. The molecule has 2 aromatic rings. The van der Waals surface area contributed by atoms with E-state index in [0.717, 1.165) is 17.2 Å². The van der Waals surface area contributed by atoms with Gasteiger partial charge in [-0.2, -0.15) is 0 Å². The molecule has 0 spiro atoms. The molecule has 0 aromatic heterocycles. The summed E-state index contributed by atoms with van der Waals surface area (Å²) in [6, 6.07) is 8.99. The third-order valence-electron chi connectivity index (χ3n) is 3.45. The number of nitrogen functional groups attached to an aromatic ring is 1. The molecule has 2 aromatic carbocycles. The maximum absolute atomic E-state index is 12.6. The van der Waals surface area contributed by atoms with Crippen molar-refractivity contribution >= 4 is 23.2 Å². The first-order valence-electron chi connectivity index (χ1n) is 6.86. The molecule has 0 atom stereocenters. The van der Waals surface area contributed by atoms with Crippen LogP contribution in [-0.4, -0.2) is 5.91 Å². The fourth-order valence-electron chi connectivity index (χ4n) is 2.19. The number of nitrogens with two attached hydrogens (primary N) is 2. The summed E-state index contributed by atoms with van der Waals surface area (Å²) < 4.78 is 25.3. The van der Waals surface area contributed by atoms with Gasteiger partial charge in [-0.3, -0.25) is 4.79 Å². The highest BCUT2D eigenvalue weighted by atomic mass is 35.5. The number of anilines is 1. The molecular formula is C16H16ClF2N3O. The number of carbonyl (C=O) groups is 1. The standard InChI is InChI=1S/C16H16ClF2N3O/c17-13-6-9(4-5-11(13)15(18)19)16(23)22-8-10-2-1-3-14(21)12(10)7-20/h1-6,15H,7-8,20-21H2,(H,22,23). The highest BCUT2D eigenvalue weighted by Crippen LogP contribution is 2.27. The van der Waals surface area contributed by atoms with Crippen molar-refractivity contribution in [3.05, 3.63) is 63.7 Å². The molecule has 0 radical (unpaired) electrons. The van der Waals surface area contributed by atoms with Gasteiger partial charge in [0, 0.05) is 29.9 Å². The molecule has 5 N–H and O–H groups in total. The second kappa shape index (κ2) is 7.39. The second-order valence-corrected chi connectivity index (χ2v) is 5.32. The van der Waals surface area contributed by atoms with Gasteiger partial charge in [0.15, 0.2) is 0 Å². The van der Waals surface area contributed by atoms with Crippen molar-refractivity contribution in [1.82, 2.24) is 5.32 Å². The number of benzene rings is 2. The summed E-state index contributed by atoms with van der Waals surface area (Å²) in [6.45, 7) is 0.484. The van der Waals surface area contributed by atoms with Crippen LogP contribution in [0.25, 0.3) is 0 Å². The van der Waals surface area contributed by atoms with Gasteiger partial charge in [-0.15, -0.1) is 0 Å². The fourth-order valence-corrected chi connectivity index (χ4v) is 2.46. The summed E-state index contributed by atoms with van der Waals surface area (Å²) in [6.07, 6.45) is -2.68. The number of halogens is 3. The zero-order chi connectivity index (χ0) is 17.0. The van der Waals surface area contributed by atoms with Crippen LogP contribution in [0.2, 0.25) is 5.02 Å². The summed E-state index contributed by atoms with van der Waals surface area (Å²) >= 11 is 5.76. The summed E-state index contributed by atoms with van der Waals surface area (Å²) in [5, 5.41) is 2.56. The molecule has 122 valence electrons. The fraction of sp³-hybridized carbons (Fsp3) is 0.188. The summed E-state index contributed by atoms with van der Waals surface area (Å²) in [7, 11) is 0. The minimum absolute atomic E-state index is 0.140. The molecule has 0 aliphatic heterocycles. The van der Waals surface area contributed by atoms with E-state index in [-0.39, 0.29) is 29.2 Å². The normalized spacial score (nSPS) is 10.8. The van der Waals surface area contributed by atoms with Gasteiger partial charge in [-0.1, -0.05) is 29.8 Å². The van der Waals surface area contributed by atoms with E-state index < -0.39 is 12.3 Å². The summed E-state index contributed by atoms with van der Waals surface area (Å²) in [5.41, 5.74) is 13.5. The molecule has 0 heterocycles. The van der Waals surface area contributed by atoms with Crippen LogP contribution in [0.5, 0.6) is 0 Å². The van der Waals surface area contributed by atoms with Crippen LogP contribution in [0.4, 0.5) is 14.5 Å². The van der Waals surface area contributed by atoms with Crippen molar-refractivity contribution in [3.63, 3.8) is 0 Å². The smallest absolute Gasteiger partial charge is 0.265 e. The average molecular weight is 340 g/mol. The zero-order valence-corrected chi connectivity index (χ0v) is 12.9. The van der Waals surface area contributed by atoms with Gasteiger partial charge < -0.3 is 16.8 Å². The van der Waals surface area contributed by atoms with Gasteiger partial charge in [0.25, 0.3) is 12.3 Å². The van der Waals surface area contributed by atoms with Gasteiger partial charge in [-0.25, -0.2) is 8.78 Å². The van der Waals surface area contributed by atoms with Crippen molar-refractivity contribution in [2.75, 3.05) is 5.73 Å². The van der Waals surface area contributed by atoms with Crippen LogP contribution in [0.15, 0.2) is 36.4 Å². The lowest BCUT2D eigenvalue weighted by Gasteiger charge is -2.12. The number of hydrogen-bond acceptors (Lipinski definition) is 3. The molecule has 0 unspecified atom stereocenters. The molecule has 0 fully saturated rings. The minimum Gasteiger partial charge on any atom is -0.398 e. The molecule has 4 nitrogen and oxygen atoms in total. The van der Waals surface area contributed by atoms with Gasteiger partial charge in [0.2, 0.25) is 0 Å². The van der Waals surface area contributed by atoms with E-state index in [1.807, 2.05) is 6.07 Å². The van der Waals surface area contributed by atoms with Crippen molar-refractivity contribution in [2.45, 2.75) is 19.5 Å². The van der Waals surface area contributed by atoms with E-state index >= 15 is 0 Å². The van der Waals surface area contributed by atoms with Crippen molar-refractivity contribution in [1.29, 1.82) is 0 Å². The predicted molar refractivity (Wildman–Crippen MR) is 86.3 cm³/mol. The largest absolute Gasteiger partial charge is 0.398 e. The summed E-state index contributed by atoms with van der Waals surface area (Å²) in [5.74, 6) is -0.418. The second-order valence-electron chi connectivity index (χ2n) is 4.91. The highest BCUT2D eigenvalue weighted by Gasteiger charge is 2.15. The van der Waals surface area contributed by atoms with E-state index in [1.54, 1.807) is 12.1 Å². The van der Waals surface area contributed by atoms with Crippen LogP contribution < -0.4 is 16.8 Å². The Morgan fingerprint density at radius 1 is 1.26 bits per heavy atom. The molecule has 23 heavy (non-hydrogen) atoms. The van der Waals surface area contributed by atoms with Crippen LogP contribution in [0.1, 0.15) is 33.5 Å². The molecule has 7 heteroatoms. The zero-order valence-electron chi connectivity index (χ0n) is 12.2. The van der Waals surface area contributed by atoms with Crippen LogP contribution in [0, 0.1) is 0 Å². The monoisotopic (exact) mass is 339 g/mol. The lowest BCUT2D eigenvalue weighted by Crippen LogP contribution is -2.24. The van der Waals surface area contributed by atoms with Crippen molar-refractivity contribution in [2.24, 2.45) is 5.73 Å². The molecule has 0 saturated heterocycles. The van der Waals surface area contributed by atoms with E-state index in [9.17, 15) is 13.6 Å². The van der Waals surface area contributed by atoms with Crippen molar-refractivity contribution in [3.8, 4) is 0 Å². The molecule has 0 bridgehead atoms. The quantitative estimate of drug-likeness (QED) is 0.731. The molecule has 0 saturated carbocycles. The van der Waals surface area contributed by atoms with Crippen LogP contribution in [0.3, 0.4) is 0 Å². The topological polar surface area (TPSA) is 81.1 Å². The first-order chi connectivity index (χ1) is 10.9. The SMILES string of the molecule is NCc1c(N)cccc1CNC(=O)c1ccc(C(F)F)c(Cl)c1. The molecular weight excluding hydrogens is 324 g/mol. The lowest BCUT2D eigenvalue weighted by molar-refractivity contribution is 0.0950. The number of amides is 1. The predicted octanol–water partition coefficient (Wildman–Crippen LogP) is 3.25. The molecule has 0 aliphatic rings. The lowest BCUT2D eigenvalue weighted by atomic mass is 10.1. The number of alkyl halides is 2. The van der Waals surface area contributed by atoms with E-state index in [2.05, 4.69) is 5.32 Å². The number of carbonyl (C=O) groups excluding carboxylic acids is 1. The van der Waals surface area contributed by atoms with Crippen LogP contribution in [-0.2, 0) is 13.1 Å². The van der Waals surface area contributed by atoms with Gasteiger partial charge in [0.05, 0.1) is 5.02 Å². The Morgan fingerprint density at radius 3 is 2.61 bits per heavy atom. The van der Waals surface area contributed by atoms with E-state index in [4.69, 9.17) is 23.1 Å². The van der Waals surface area contributed by atoms with Gasteiger partial charge in [-0.05, 0) is 29.3 Å². The first kappa shape index (κ1) is 17.2. The Morgan fingerprint density at radius 2 is 2.00 bits per heavy atom. The molecule has 1 amide bonds. The number of nitrogens with one attached hydrogen (secondary N) is 1. The highest BCUT2D eigenvalue weighted by molar-refractivity contribution is 6.31. The Labute approximate surface area is 137 Å². The molecule has 0 aliphatic carbocycles. The Balaban J connectivity index is 2.11. The number of hydrogen-bond donors (Lipinski definition) is 3. The Kier molecular flexibility index (Phi) is 5.52. The maximum Gasteiger partial charge on any atom is 0.265 e. The average Bonchev–Trinajstić information content (AvgIpc) is 2.52.